The summed E-state index contributed by atoms with van der Waals surface area (Å²) in [5, 5.41) is 6.83. The Bertz CT molecular complexity index is 514. The molecule has 7 nitrogen and oxygen atoms in total. The van der Waals surface area contributed by atoms with Gasteiger partial charge in [-0.2, -0.15) is 0 Å². The molecule has 0 aromatic rings. The minimum atomic E-state index is 0.303. The summed E-state index contributed by atoms with van der Waals surface area (Å²) in [4.78, 5) is 24.4. The maximum absolute atomic E-state index is 12.6. The van der Waals surface area contributed by atoms with Gasteiger partial charge in [-0.05, 0) is 47.5 Å². The summed E-state index contributed by atoms with van der Waals surface area (Å²) in [5.41, 5.74) is 0. The molecule has 30 heavy (non-hydrogen) atoms. The van der Waals surface area contributed by atoms with Crippen molar-refractivity contribution in [3.8, 4) is 0 Å². The molecule has 2 aliphatic rings. The van der Waals surface area contributed by atoms with Crippen LogP contribution in [0.3, 0.4) is 0 Å². The summed E-state index contributed by atoms with van der Waals surface area (Å²) in [6, 6.07) is 1.09. The zero-order chi connectivity index (χ0) is 21.9. The Hall–Kier alpha value is -1.34. The third-order valence-corrected chi connectivity index (χ3v) is 6.41. The first-order chi connectivity index (χ1) is 14.4. The van der Waals surface area contributed by atoms with Crippen LogP contribution in [0, 0.1) is 5.92 Å². The average Bonchev–Trinajstić information content (AvgIpc) is 3.25. The molecule has 2 fully saturated rings. The average molecular weight is 423 g/mol. The first-order valence-corrected chi connectivity index (χ1v) is 12.2. The molecule has 0 aromatic heterocycles. The molecule has 174 valence electrons. The monoisotopic (exact) mass is 422 g/mol. The second kappa shape index (κ2) is 13.2. The summed E-state index contributed by atoms with van der Waals surface area (Å²) >= 11 is 0. The summed E-state index contributed by atoms with van der Waals surface area (Å²) in [6.45, 7) is 19.3. The van der Waals surface area contributed by atoms with Crippen LogP contribution >= 0.6 is 0 Å². The van der Waals surface area contributed by atoms with E-state index in [1.165, 1.54) is 12.8 Å². The summed E-state index contributed by atoms with van der Waals surface area (Å²) in [5.74, 6) is 1.61. The van der Waals surface area contributed by atoms with Crippen LogP contribution in [-0.2, 0) is 4.79 Å². The molecule has 1 heterocycles. The lowest BCUT2D eigenvalue weighted by Gasteiger charge is -2.35. The van der Waals surface area contributed by atoms with Gasteiger partial charge in [-0.25, -0.2) is 0 Å². The number of guanidine groups is 1. The van der Waals surface area contributed by atoms with Gasteiger partial charge in [0.15, 0.2) is 5.96 Å². The van der Waals surface area contributed by atoms with Crippen molar-refractivity contribution >= 4 is 11.9 Å². The molecule has 7 heteroatoms. The number of hydrogen-bond donors (Lipinski definition) is 2. The Kier molecular flexibility index (Phi) is 10.9. The smallest absolute Gasteiger partial charge is 0.225 e. The van der Waals surface area contributed by atoms with Crippen molar-refractivity contribution in [1.29, 1.82) is 0 Å². The van der Waals surface area contributed by atoms with Crippen LogP contribution < -0.4 is 10.6 Å². The van der Waals surface area contributed by atoms with Gasteiger partial charge in [0.2, 0.25) is 5.91 Å². The first kappa shape index (κ1) is 24.9. The van der Waals surface area contributed by atoms with E-state index in [1.807, 2.05) is 0 Å². The van der Waals surface area contributed by atoms with Crippen LogP contribution in [0.2, 0.25) is 0 Å². The Morgan fingerprint density at radius 2 is 1.67 bits per heavy atom. The maximum Gasteiger partial charge on any atom is 0.225 e. The number of carbonyl (C=O) groups is 1. The molecule has 1 aliphatic heterocycles. The van der Waals surface area contributed by atoms with Gasteiger partial charge in [0, 0.05) is 70.4 Å². The van der Waals surface area contributed by atoms with Crippen molar-refractivity contribution in [2.24, 2.45) is 10.9 Å². The fraction of sp³-hybridized carbons (Fsp3) is 0.913. The maximum atomic E-state index is 12.6. The molecule has 0 radical (unpaired) electrons. The van der Waals surface area contributed by atoms with E-state index < -0.39 is 0 Å². The zero-order valence-corrected chi connectivity index (χ0v) is 20.1. The van der Waals surface area contributed by atoms with E-state index in [-0.39, 0.29) is 0 Å². The van der Waals surface area contributed by atoms with Crippen molar-refractivity contribution in [1.82, 2.24) is 25.3 Å². The van der Waals surface area contributed by atoms with E-state index in [4.69, 9.17) is 4.99 Å². The van der Waals surface area contributed by atoms with E-state index in [2.05, 4.69) is 60.0 Å². The van der Waals surface area contributed by atoms with Crippen LogP contribution in [0.5, 0.6) is 0 Å². The molecule has 1 amide bonds. The SMILES string of the molecule is CCNC(=NCCN1CCN(C(=O)C2CCCC2)CC1)NCCN(C(C)C)C(C)C. The normalized spacial score (nSPS) is 19.3. The van der Waals surface area contributed by atoms with Crippen molar-refractivity contribution in [3.63, 3.8) is 0 Å². The fourth-order valence-electron chi connectivity index (χ4n) is 4.68. The van der Waals surface area contributed by atoms with E-state index in [0.717, 1.165) is 77.7 Å². The van der Waals surface area contributed by atoms with Crippen molar-refractivity contribution in [2.75, 3.05) is 58.9 Å². The standard InChI is InChI=1S/C23H46N6O/c1-6-24-23(26-12-14-29(19(2)3)20(4)5)25-11-13-27-15-17-28(18-16-27)22(30)21-9-7-8-10-21/h19-21H,6-18H2,1-5H3,(H2,24,25,26). The highest BCUT2D eigenvalue weighted by molar-refractivity contribution is 5.80. The molecule has 1 aliphatic carbocycles. The van der Waals surface area contributed by atoms with Gasteiger partial charge in [0.25, 0.3) is 0 Å². The molecule has 1 saturated carbocycles. The lowest BCUT2D eigenvalue weighted by Crippen LogP contribution is -2.50. The van der Waals surface area contributed by atoms with Crippen LogP contribution in [0.25, 0.3) is 0 Å². The number of nitrogens with one attached hydrogen (secondary N) is 2. The van der Waals surface area contributed by atoms with Gasteiger partial charge in [0.1, 0.15) is 0 Å². The number of hydrogen-bond acceptors (Lipinski definition) is 4. The number of carbonyl (C=O) groups excluding carboxylic acids is 1. The van der Waals surface area contributed by atoms with Crippen molar-refractivity contribution in [2.45, 2.75) is 72.4 Å². The first-order valence-electron chi connectivity index (χ1n) is 12.2. The molecule has 2 rings (SSSR count). The van der Waals surface area contributed by atoms with E-state index in [1.54, 1.807) is 0 Å². The molecule has 0 aromatic carbocycles. The second-order valence-corrected chi connectivity index (χ2v) is 9.26. The van der Waals surface area contributed by atoms with Gasteiger partial charge in [0.05, 0.1) is 6.54 Å². The Balaban J connectivity index is 1.69. The Morgan fingerprint density at radius 1 is 1.03 bits per heavy atom. The van der Waals surface area contributed by atoms with Crippen LogP contribution in [0.4, 0.5) is 0 Å². The quantitative estimate of drug-likeness (QED) is 0.416. The topological polar surface area (TPSA) is 63.2 Å². The van der Waals surface area contributed by atoms with Gasteiger partial charge < -0.3 is 15.5 Å². The molecule has 1 saturated heterocycles. The highest BCUT2D eigenvalue weighted by Gasteiger charge is 2.29. The molecule has 2 N–H and O–H groups in total. The van der Waals surface area contributed by atoms with Gasteiger partial charge in [-0.15, -0.1) is 0 Å². The van der Waals surface area contributed by atoms with Gasteiger partial charge in [-0.3, -0.25) is 19.6 Å². The molecular weight excluding hydrogens is 376 g/mol. The highest BCUT2D eigenvalue weighted by Crippen LogP contribution is 2.26. The van der Waals surface area contributed by atoms with Crippen LogP contribution in [0.15, 0.2) is 4.99 Å². The van der Waals surface area contributed by atoms with Crippen molar-refractivity contribution < 1.29 is 4.79 Å². The fourth-order valence-corrected chi connectivity index (χ4v) is 4.68. The Labute approximate surface area is 184 Å². The number of aliphatic imine (C=N–C) groups is 1. The van der Waals surface area contributed by atoms with Gasteiger partial charge in [-0.1, -0.05) is 12.8 Å². The number of piperazine rings is 1. The zero-order valence-electron chi connectivity index (χ0n) is 20.1. The predicted molar refractivity (Wildman–Crippen MR) is 126 cm³/mol. The molecule has 0 bridgehead atoms. The number of amides is 1. The highest BCUT2D eigenvalue weighted by atomic mass is 16.2. The van der Waals surface area contributed by atoms with Crippen LogP contribution in [0.1, 0.15) is 60.3 Å². The van der Waals surface area contributed by atoms with Gasteiger partial charge >= 0.3 is 0 Å². The number of nitrogens with zero attached hydrogens (tertiary/aromatic N) is 4. The Morgan fingerprint density at radius 3 is 2.23 bits per heavy atom. The third-order valence-electron chi connectivity index (χ3n) is 6.41. The summed E-state index contributed by atoms with van der Waals surface area (Å²) < 4.78 is 0. The largest absolute Gasteiger partial charge is 0.357 e. The third kappa shape index (κ3) is 8.06. The van der Waals surface area contributed by atoms with E-state index in [9.17, 15) is 4.79 Å². The molecule has 0 atom stereocenters. The molecule has 0 spiro atoms. The minimum Gasteiger partial charge on any atom is -0.357 e. The van der Waals surface area contributed by atoms with Crippen molar-refractivity contribution in [3.05, 3.63) is 0 Å². The number of rotatable bonds is 10. The summed E-state index contributed by atoms with van der Waals surface area (Å²) in [6.07, 6.45) is 4.65. The predicted octanol–water partition coefficient (Wildman–Crippen LogP) is 1.99. The minimum absolute atomic E-state index is 0.303. The van der Waals surface area contributed by atoms with Crippen LogP contribution in [-0.4, -0.2) is 97.6 Å². The lowest BCUT2D eigenvalue weighted by molar-refractivity contribution is -0.137. The molecular formula is C23H46N6O. The van der Waals surface area contributed by atoms with E-state index >= 15 is 0 Å². The second-order valence-electron chi connectivity index (χ2n) is 9.26. The summed E-state index contributed by atoms with van der Waals surface area (Å²) in [7, 11) is 0. The van der Waals surface area contributed by atoms with E-state index in [0.29, 0.717) is 23.9 Å². The lowest BCUT2D eigenvalue weighted by atomic mass is 10.1. The molecule has 0 unspecified atom stereocenters.